The predicted octanol–water partition coefficient (Wildman–Crippen LogP) is 0.673. The molecule has 1 saturated carbocycles. The Morgan fingerprint density at radius 2 is 2.00 bits per heavy atom. The van der Waals surface area contributed by atoms with Gasteiger partial charge in [0, 0.05) is 34.0 Å². The molecule has 18 heavy (non-hydrogen) atoms. The van der Waals surface area contributed by atoms with Crippen LogP contribution in [-0.4, -0.2) is 45.9 Å². The molecule has 0 saturated heterocycles. The summed E-state index contributed by atoms with van der Waals surface area (Å²) in [6.45, 7) is 2.14. The van der Waals surface area contributed by atoms with Crippen molar-refractivity contribution in [2.45, 2.75) is 38.1 Å². The number of carbonyl (C=O) groups excluding carboxylic acids is 1. The fraction of sp³-hybridized carbons (Fsp3) is 0.923. The second-order valence-electron chi connectivity index (χ2n) is 5.20. The van der Waals surface area contributed by atoms with Crippen molar-refractivity contribution in [3.63, 3.8) is 0 Å². The molecule has 0 bridgehead atoms. The minimum Gasteiger partial charge on any atom is -0.385 e. The van der Waals surface area contributed by atoms with E-state index in [4.69, 9.17) is 15.2 Å². The highest BCUT2D eigenvalue weighted by molar-refractivity contribution is 5.81. The van der Waals surface area contributed by atoms with Gasteiger partial charge >= 0.3 is 0 Å². The van der Waals surface area contributed by atoms with Gasteiger partial charge in [-0.1, -0.05) is 0 Å². The van der Waals surface area contributed by atoms with Crippen molar-refractivity contribution >= 4 is 5.91 Å². The first-order chi connectivity index (χ1) is 8.63. The predicted molar refractivity (Wildman–Crippen MR) is 70.3 cm³/mol. The van der Waals surface area contributed by atoms with Gasteiger partial charge in [-0.15, -0.1) is 0 Å². The molecule has 106 valence electrons. The number of nitrogens with two attached hydrogens (primary N) is 1. The first-order valence-corrected chi connectivity index (χ1v) is 6.65. The first-order valence-electron chi connectivity index (χ1n) is 6.65. The third-order valence-electron chi connectivity index (χ3n) is 3.63. The summed E-state index contributed by atoms with van der Waals surface area (Å²) in [4.78, 5) is 11.8. The Morgan fingerprint density at radius 1 is 1.33 bits per heavy atom. The summed E-state index contributed by atoms with van der Waals surface area (Å²) in [5.74, 6) is -0.0465. The van der Waals surface area contributed by atoms with Crippen molar-refractivity contribution in [2.75, 3.05) is 34.0 Å². The van der Waals surface area contributed by atoms with Crippen molar-refractivity contribution in [1.82, 2.24) is 5.32 Å². The van der Waals surface area contributed by atoms with Gasteiger partial charge in [-0.25, -0.2) is 0 Å². The summed E-state index contributed by atoms with van der Waals surface area (Å²) >= 11 is 0. The van der Waals surface area contributed by atoms with Crippen molar-refractivity contribution in [3.8, 4) is 0 Å². The van der Waals surface area contributed by atoms with Crippen molar-refractivity contribution < 1.29 is 14.3 Å². The zero-order chi connectivity index (χ0) is 13.4. The lowest BCUT2D eigenvalue weighted by Gasteiger charge is -2.17. The summed E-state index contributed by atoms with van der Waals surface area (Å²) in [5, 5.41) is 2.96. The SMILES string of the molecule is COCCCC(N)C(=O)NCC1(CCOC)CC1. The molecule has 5 heteroatoms. The van der Waals surface area contributed by atoms with E-state index in [2.05, 4.69) is 5.32 Å². The van der Waals surface area contributed by atoms with E-state index in [1.54, 1.807) is 14.2 Å². The summed E-state index contributed by atoms with van der Waals surface area (Å²) in [6.07, 6.45) is 4.86. The molecule has 0 heterocycles. The Kier molecular flexibility index (Phi) is 6.60. The fourth-order valence-corrected chi connectivity index (χ4v) is 1.99. The fourth-order valence-electron chi connectivity index (χ4n) is 1.99. The lowest BCUT2D eigenvalue weighted by molar-refractivity contribution is -0.122. The third-order valence-corrected chi connectivity index (χ3v) is 3.63. The van der Waals surface area contributed by atoms with Crippen molar-refractivity contribution in [1.29, 1.82) is 0 Å². The van der Waals surface area contributed by atoms with Gasteiger partial charge in [-0.3, -0.25) is 4.79 Å². The zero-order valence-electron chi connectivity index (χ0n) is 11.5. The minimum absolute atomic E-state index is 0.0465. The van der Waals surface area contributed by atoms with E-state index in [1.807, 2.05) is 0 Å². The highest BCUT2D eigenvalue weighted by Crippen LogP contribution is 2.48. The average molecular weight is 258 g/mol. The molecule has 1 amide bonds. The molecule has 0 spiro atoms. The molecule has 5 nitrogen and oxygen atoms in total. The van der Waals surface area contributed by atoms with Crippen LogP contribution in [0.1, 0.15) is 32.1 Å². The second kappa shape index (κ2) is 7.71. The summed E-state index contributed by atoms with van der Waals surface area (Å²) in [5.41, 5.74) is 6.09. The highest BCUT2D eigenvalue weighted by atomic mass is 16.5. The summed E-state index contributed by atoms with van der Waals surface area (Å²) in [7, 11) is 3.36. The molecule has 0 aromatic heterocycles. The number of ether oxygens (including phenoxy) is 2. The van der Waals surface area contributed by atoms with Crippen LogP contribution in [0.15, 0.2) is 0 Å². The topological polar surface area (TPSA) is 73.6 Å². The van der Waals surface area contributed by atoms with Gasteiger partial charge in [0.25, 0.3) is 0 Å². The molecular weight excluding hydrogens is 232 g/mol. The molecule has 0 aliphatic heterocycles. The van der Waals surface area contributed by atoms with Gasteiger partial charge in [0.15, 0.2) is 0 Å². The maximum Gasteiger partial charge on any atom is 0.236 e. The smallest absolute Gasteiger partial charge is 0.236 e. The van der Waals surface area contributed by atoms with Crippen LogP contribution >= 0.6 is 0 Å². The Hall–Kier alpha value is -0.650. The van der Waals surface area contributed by atoms with E-state index < -0.39 is 6.04 Å². The van der Waals surface area contributed by atoms with Crippen LogP contribution in [0.25, 0.3) is 0 Å². The summed E-state index contributed by atoms with van der Waals surface area (Å²) in [6, 6.07) is -0.418. The molecule has 1 unspecified atom stereocenters. The van der Waals surface area contributed by atoms with E-state index in [9.17, 15) is 4.79 Å². The van der Waals surface area contributed by atoms with Gasteiger partial charge in [0.05, 0.1) is 6.04 Å². The van der Waals surface area contributed by atoms with Crippen LogP contribution in [0.3, 0.4) is 0 Å². The molecule has 0 aromatic rings. The number of carbonyl (C=O) groups is 1. The Labute approximate surface area is 109 Å². The van der Waals surface area contributed by atoms with Gasteiger partial charge in [-0.2, -0.15) is 0 Å². The highest BCUT2D eigenvalue weighted by Gasteiger charge is 2.42. The van der Waals surface area contributed by atoms with Crippen LogP contribution in [0.4, 0.5) is 0 Å². The molecule has 0 aromatic carbocycles. The molecule has 3 N–H and O–H groups in total. The van der Waals surface area contributed by atoms with E-state index in [0.717, 1.165) is 26.0 Å². The quantitative estimate of drug-likeness (QED) is 0.565. The standard InChI is InChI=1S/C13H26N2O3/c1-17-8-3-4-11(14)12(16)15-10-13(5-6-13)7-9-18-2/h11H,3-10,14H2,1-2H3,(H,15,16). The van der Waals surface area contributed by atoms with Crippen molar-refractivity contribution in [2.24, 2.45) is 11.1 Å². The average Bonchev–Trinajstić information content (AvgIpc) is 3.14. The molecule has 1 fully saturated rings. The molecular formula is C13H26N2O3. The summed E-state index contributed by atoms with van der Waals surface area (Å²) < 4.78 is 10.0. The van der Waals surface area contributed by atoms with E-state index in [0.29, 0.717) is 13.0 Å². The molecule has 1 atom stereocenters. The van der Waals surface area contributed by atoms with E-state index in [1.165, 1.54) is 12.8 Å². The molecule has 1 rings (SSSR count). The van der Waals surface area contributed by atoms with E-state index in [-0.39, 0.29) is 11.3 Å². The number of methoxy groups -OCH3 is 2. The number of hydrogen-bond acceptors (Lipinski definition) is 4. The molecule has 0 radical (unpaired) electrons. The number of rotatable bonds is 10. The van der Waals surface area contributed by atoms with Crippen molar-refractivity contribution in [3.05, 3.63) is 0 Å². The van der Waals surface area contributed by atoms with Crippen LogP contribution in [0.5, 0.6) is 0 Å². The third kappa shape index (κ3) is 5.33. The molecule has 1 aliphatic carbocycles. The maximum absolute atomic E-state index is 11.8. The van der Waals surface area contributed by atoms with Gasteiger partial charge < -0.3 is 20.5 Å². The molecule has 1 aliphatic rings. The normalized spacial score (nSPS) is 18.4. The lowest BCUT2D eigenvalue weighted by Crippen LogP contribution is -2.43. The van der Waals surface area contributed by atoms with Gasteiger partial charge in [0.2, 0.25) is 5.91 Å². The van der Waals surface area contributed by atoms with Crippen LogP contribution < -0.4 is 11.1 Å². The van der Waals surface area contributed by atoms with E-state index >= 15 is 0 Å². The van der Waals surface area contributed by atoms with Gasteiger partial charge in [0.1, 0.15) is 0 Å². The number of hydrogen-bond donors (Lipinski definition) is 2. The second-order valence-corrected chi connectivity index (χ2v) is 5.20. The largest absolute Gasteiger partial charge is 0.385 e. The number of nitrogens with one attached hydrogen (secondary N) is 1. The van der Waals surface area contributed by atoms with Gasteiger partial charge in [-0.05, 0) is 37.5 Å². The number of amides is 1. The monoisotopic (exact) mass is 258 g/mol. The Bertz CT molecular complexity index is 255. The lowest BCUT2D eigenvalue weighted by atomic mass is 10.0. The maximum atomic E-state index is 11.8. The van der Waals surface area contributed by atoms with Crippen LogP contribution in [-0.2, 0) is 14.3 Å². The van der Waals surface area contributed by atoms with Crippen LogP contribution in [0.2, 0.25) is 0 Å². The Balaban J connectivity index is 2.16. The Morgan fingerprint density at radius 3 is 2.56 bits per heavy atom. The van der Waals surface area contributed by atoms with Crippen LogP contribution in [0, 0.1) is 5.41 Å². The first kappa shape index (κ1) is 15.4. The minimum atomic E-state index is -0.418. The zero-order valence-corrected chi connectivity index (χ0v) is 11.5.